The van der Waals surface area contributed by atoms with Crippen LogP contribution in [-0.4, -0.2) is 66.8 Å². The molecule has 34 heavy (non-hydrogen) atoms. The van der Waals surface area contributed by atoms with Crippen LogP contribution in [-0.2, 0) is 49.5 Å². The Bertz CT molecular complexity index is 992. The fourth-order valence-corrected chi connectivity index (χ4v) is 3.19. The fraction of sp³-hybridized carbons (Fsp3) is 0.500. The number of aliphatic hydroxyl groups is 1. The van der Waals surface area contributed by atoms with Crippen LogP contribution in [0.5, 0.6) is 5.75 Å². The summed E-state index contributed by atoms with van der Waals surface area (Å²) >= 11 is 0. The number of azide groups is 1. The number of hydrogen-bond donors (Lipinski definition) is 1. The first-order valence-electron chi connectivity index (χ1n) is 9.81. The third-order valence-electron chi connectivity index (χ3n) is 4.44. The highest BCUT2D eigenvalue weighted by molar-refractivity contribution is 5.77. The number of esters is 4. The van der Waals surface area contributed by atoms with Crippen molar-refractivity contribution in [2.75, 3.05) is 7.11 Å². The van der Waals surface area contributed by atoms with Gasteiger partial charge in [-0.1, -0.05) is 11.2 Å². The lowest BCUT2D eigenvalue weighted by atomic mass is 9.97. The second-order valence-corrected chi connectivity index (χ2v) is 6.94. The molecular formula is C20H23N3O11. The second-order valence-electron chi connectivity index (χ2n) is 6.94. The van der Waals surface area contributed by atoms with Crippen molar-refractivity contribution in [2.45, 2.75) is 58.1 Å². The Labute approximate surface area is 193 Å². The van der Waals surface area contributed by atoms with Gasteiger partial charge in [0.05, 0.1) is 19.4 Å². The molecule has 0 aromatic heterocycles. The molecule has 0 radical (unpaired) electrons. The van der Waals surface area contributed by atoms with E-state index in [0.717, 1.165) is 27.9 Å². The molecule has 1 saturated heterocycles. The maximum absolute atomic E-state index is 12.4. The summed E-state index contributed by atoms with van der Waals surface area (Å²) in [6, 6.07) is 4.13. The molecule has 1 heterocycles. The van der Waals surface area contributed by atoms with Gasteiger partial charge in [0.2, 0.25) is 12.4 Å². The van der Waals surface area contributed by atoms with E-state index in [1.807, 2.05) is 0 Å². The van der Waals surface area contributed by atoms with Crippen molar-refractivity contribution in [3.05, 3.63) is 34.2 Å². The first kappa shape index (κ1) is 26.4. The number of rotatable bonds is 8. The van der Waals surface area contributed by atoms with Crippen LogP contribution in [0, 0.1) is 0 Å². The number of carbonyl (C=O) groups excluding carboxylic acids is 4. The van der Waals surface area contributed by atoms with Gasteiger partial charge in [-0.3, -0.25) is 14.4 Å². The summed E-state index contributed by atoms with van der Waals surface area (Å²) in [6.07, 6.45) is -7.87. The molecule has 184 valence electrons. The van der Waals surface area contributed by atoms with Crippen LogP contribution < -0.4 is 4.74 Å². The molecule has 14 nitrogen and oxygen atoms in total. The van der Waals surface area contributed by atoms with Crippen molar-refractivity contribution in [1.82, 2.24) is 0 Å². The minimum absolute atomic E-state index is 0.0556. The SMILES string of the molecule is COC(=O)C1O[C@@H](Oc2ccc(CO)cc2N=[N+]=[N-])C(OC(C)=O)[C@@H](OC(C)=O)[C@@H]1OC(C)=O. The normalized spacial score (nSPS) is 23.6. The average Bonchev–Trinajstić information content (AvgIpc) is 2.77. The minimum Gasteiger partial charge on any atom is -0.467 e. The molecule has 1 fully saturated rings. The van der Waals surface area contributed by atoms with Gasteiger partial charge in [-0.05, 0) is 23.2 Å². The molecule has 0 amide bonds. The van der Waals surface area contributed by atoms with E-state index in [2.05, 4.69) is 10.0 Å². The Morgan fingerprint density at radius 2 is 1.62 bits per heavy atom. The van der Waals surface area contributed by atoms with Gasteiger partial charge >= 0.3 is 23.9 Å². The van der Waals surface area contributed by atoms with Crippen molar-refractivity contribution < 1.29 is 52.7 Å². The van der Waals surface area contributed by atoms with Gasteiger partial charge in [0, 0.05) is 25.7 Å². The first-order chi connectivity index (χ1) is 16.1. The van der Waals surface area contributed by atoms with Gasteiger partial charge in [0.15, 0.2) is 18.3 Å². The van der Waals surface area contributed by atoms with E-state index in [0.29, 0.717) is 5.56 Å². The van der Waals surface area contributed by atoms with E-state index in [-0.39, 0.29) is 18.0 Å². The predicted molar refractivity (Wildman–Crippen MR) is 109 cm³/mol. The van der Waals surface area contributed by atoms with Crippen molar-refractivity contribution in [3.8, 4) is 5.75 Å². The highest BCUT2D eigenvalue weighted by Gasteiger charge is 2.55. The Morgan fingerprint density at radius 1 is 1.03 bits per heavy atom. The van der Waals surface area contributed by atoms with Crippen LogP contribution in [0.15, 0.2) is 23.3 Å². The maximum Gasteiger partial charge on any atom is 0.339 e. The molecule has 2 unspecified atom stereocenters. The van der Waals surface area contributed by atoms with Crippen LogP contribution >= 0.6 is 0 Å². The molecular weight excluding hydrogens is 458 g/mol. The molecule has 0 bridgehead atoms. The number of carbonyl (C=O) groups is 4. The summed E-state index contributed by atoms with van der Waals surface area (Å²) in [5.41, 5.74) is 9.21. The average molecular weight is 481 g/mol. The number of aliphatic hydroxyl groups excluding tert-OH is 1. The summed E-state index contributed by atoms with van der Waals surface area (Å²) < 4.78 is 31.8. The highest BCUT2D eigenvalue weighted by atomic mass is 16.7. The third kappa shape index (κ3) is 6.57. The lowest BCUT2D eigenvalue weighted by Gasteiger charge is -2.43. The standard InChI is InChI=1S/C20H23N3O11/c1-9(25)30-15-16(31-10(2)26)18(32-11(3)27)20(34-17(15)19(28)29-4)33-14-6-5-12(8-24)7-13(14)22-23-21/h5-7,15-18,20,24H,8H2,1-4H3/t15-,16-,17?,18?,20+/m0/s1. The van der Waals surface area contributed by atoms with Crippen LogP contribution in [0.25, 0.3) is 10.4 Å². The Morgan fingerprint density at radius 3 is 2.15 bits per heavy atom. The third-order valence-corrected chi connectivity index (χ3v) is 4.44. The molecule has 1 aromatic rings. The molecule has 1 N–H and O–H groups in total. The van der Waals surface area contributed by atoms with E-state index >= 15 is 0 Å². The number of nitrogens with zero attached hydrogens (tertiary/aromatic N) is 3. The van der Waals surface area contributed by atoms with Crippen LogP contribution in [0.4, 0.5) is 5.69 Å². The predicted octanol–water partition coefficient (Wildman–Crippen LogP) is 1.19. The molecule has 0 saturated carbocycles. The molecule has 1 aromatic carbocycles. The van der Waals surface area contributed by atoms with Gasteiger partial charge in [-0.15, -0.1) is 0 Å². The Kier molecular flexibility index (Phi) is 9.18. The largest absolute Gasteiger partial charge is 0.467 e. The highest BCUT2D eigenvalue weighted by Crippen LogP contribution is 2.35. The first-order valence-corrected chi connectivity index (χ1v) is 9.81. The lowest BCUT2D eigenvalue weighted by Crippen LogP contribution is -2.64. The molecule has 0 aliphatic carbocycles. The fourth-order valence-electron chi connectivity index (χ4n) is 3.19. The van der Waals surface area contributed by atoms with Gasteiger partial charge in [-0.2, -0.15) is 0 Å². The van der Waals surface area contributed by atoms with Crippen molar-refractivity contribution in [3.63, 3.8) is 0 Å². The summed E-state index contributed by atoms with van der Waals surface area (Å²) in [4.78, 5) is 50.5. The van der Waals surface area contributed by atoms with Crippen LogP contribution in [0.3, 0.4) is 0 Å². The van der Waals surface area contributed by atoms with Crippen LogP contribution in [0.2, 0.25) is 0 Å². The molecule has 5 atom stereocenters. The molecule has 0 spiro atoms. The monoisotopic (exact) mass is 481 g/mol. The van der Waals surface area contributed by atoms with Crippen molar-refractivity contribution in [2.24, 2.45) is 5.11 Å². The van der Waals surface area contributed by atoms with Gasteiger partial charge in [-0.25, -0.2) is 4.79 Å². The number of benzene rings is 1. The second kappa shape index (κ2) is 11.8. The number of hydrogen-bond acceptors (Lipinski definition) is 12. The van der Waals surface area contributed by atoms with Crippen molar-refractivity contribution in [1.29, 1.82) is 0 Å². The maximum atomic E-state index is 12.4. The zero-order valence-electron chi connectivity index (χ0n) is 18.7. The van der Waals surface area contributed by atoms with E-state index in [9.17, 15) is 24.3 Å². The quantitative estimate of drug-likeness (QED) is 0.184. The van der Waals surface area contributed by atoms with Crippen LogP contribution in [0.1, 0.15) is 26.3 Å². The van der Waals surface area contributed by atoms with E-state index in [1.165, 1.54) is 18.2 Å². The molecule has 1 aliphatic heterocycles. The smallest absolute Gasteiger partial charge is 0.339 e. The summed E-state index contributed by atoms with van der Waals surface area (Å²) in [5.74, 6) is -3.59. The molecule has 2 rings (SSSR count). The van der Waals surface area contributed by atoms with E-state index in [1.54, 1.807) is 0 Å². The van der Waals surface area contributed by atoms with Gasteiger partial charge in [0.25, 0.3) is 0 Å². The van der Waals surface area contributed by atoms with Gasteiger partial charge < -0.3 is 33.5 Å². The minimum atomic E-state index is -1.64. The zero-order valence-corrected chi connectivity index (χ0v) is 18.7. The molecule has 1 aliphatic rings. The van der Waals surface area contributed by atoms with E-state index in [4.69, 9.17) is 34.0 Å². The Hall–Kier alpha value is -3.87. The summed E-state index contributed by atoms with van der Waals surface area (Å²) in [7, 11) is 1.05. The molecule has 14 heteroatoms. The number of methoxy groups -OCH3 is 1. The number of ether oxygens (including phenoxy) is 6. The van der Waals surface area contributed by atoms with E-state index < -0.39 is 54.6 Å². The lowest BCUT2D eigenvalue weighted by molar-refractivity contribution is -0.282. The van der Waals surface area contributed by atoms with Gasteiger partial charge in [0.1, 0.15) is 5.75 Å². The van der Waals surface area contributed by atoms with Crippen molar-refractivity contribution >= 4 is 29.6 Å². The zero-order chi connectivity index (χ0) is 25.4. The topological polar surface area (TPSA) is 193 Å². The Balaban J connectivity index is 2.58. The summed E-state index contributed by atoms with van der Waals surface area (Å²) in [6.45, 7) is 2.82. The summed E-state index contributed by atoms with van der Waals surface area (Å²) in [5, 5.41) is 12.8.